The lowest BCUT2D eigenvalue weighted by atomic mass is 10.1. The summed E-state index contributed by atoms with van der Waals surface area (Å²) < 4.78 is 11.2. The minimum absolute atomic E-state index is 0.170. The molecule has 2 unspecified atom stereocenters. The molecule has 1 aliphatic heterocycles. The molecule has 0 aromatic heterocycles. The molecule has 3 rings (SSSR count). The molecule has 1 amide bonds. The van der Waals surface area contributed by atoms with Gasteiger partial charge in [0.05, 0.1) is 13.2 Å². The van der Waals surface area contributed by atoms with E-state index in [0.29, 0.717) is 24.5 Å². The van der Waals surface area contributed by atoms with Crippen LogP contribution in [0.15, 0.2) is 54.6 Å². The van der Waals surface area contributed by atoms with Crippen LogP contribution in [0.1, 0.15) is 60.8 Å². The highest BCUT2D eigenvalue weighted by Gasteiger charge is 2.43. The van der Waals surface area contributed by atoms with E-state index in [1.54, 1.807) is 28.8 Å². The molecule has 1 fully saturated rings. The van der Waals surface area contributed by atoms with Crippen LogP contribution in [0.2, 0.25) is 0 Å². The second kappa shape index (κ2) is 11.8. The highest BCUT2D eigenvalue weighted by molar-refractivity contribution is 7.99. The maximum atomic E-state index is 13.5. The quantitative estimate of drug-likeness (QED) is 0.362. The first kappa shape index (κ1) is 23.2. The summed E-state index contributed by atoms with van der Waals surface area (Å²) in [6.07, 6.45) is 3.84. The van der Waals surface area contributed by atoms with E-state index in [1.807, 2.05) is 42.5 Å². The molecule has 2 atom stereocenters. The van der Waals surface area contributed by atoms with E-state index in [1.165, 1.54) is 0 Å². The number of ether oxygens (including phenoxy) is 2. The molecule has 2 aromatic carbocycles. The van der Waals surface area contributed by atoms with E-state index < -0.39 is 6.04 Å². The van der Waals surface area contributed by atoms with Crippen molar-refractivity contribution in [3.05, 3.63) is 65.7 Å². The number of benzene rings is 2. The predicted octanol–water partition coefficient (Wildman–Crippen LogP) is 5.47. The number of hydrogen-bond donors (Lipinski definition) is 0. The van der Waals surface area contributed by atoms with Gasteiger partial charge in [0, 0.05) is 11.3 Å². The minimum Gasteiger partial charge on any atom is -0.494 e. The first-order valence-electron chi connectivity index (χ1n) is 11.0. The molecule has 6 heteroatoms. The number of esters is 1. The van der Waals surface area contributed by atoms with E-state index >= 15 is 0 Å². The number of carbonyl (C=O) groups is 2. The monoisotopic (exact) mass is 441 g/mol. The zero-order valence-electron chi connectivity index (χ0n) is 18.3. The summed E-state index contributed by atoms with van der Waals surface area (Å²) in [5, 5.41) is -0.224. The number of thioether (sulfide) groups is 1. The van der Waals surface area contributed by atoms with Gasteiger partial charge in [-0.2, -0.15) is 0 Å². The van der Waals surface area contributed by atoms with Crippen molar-refractivity contribution in [2.24, 2.45) is 0 Å². The van der Waals surface area contributed by atoms with Crippen LogP contribution in [0.5, 0.6) is 5.75 Å². The van der Waals surface area contributed by atoms with Crippen molar-refractivity contribution in [2.45, 2.75) is 50.9 Å². The Hall–Kier alpha value is -2.47. The summed E-state index contributed by atoms with van der Waals surface area (Å²) in [5.74, 6) is 0.772. The molecule has 0 spiro atoms. The first-order valence-corrected chi connectivity index (χ1v) is 12.1. The number of hydrogen-bond acceptors (Lipinski definition) is 5. The van der Waals surface area contributed by atoms with E-state index in [2.05, 4.69) is 13.8 Å². The van der Waals surface area contributed by atoms with Crippen LogP contribution in [0.3, 0.4) is 0 Å². The number of amides is 1. The number of carbonyl (C=O) groups excluding carboxylic acids is 2. The molecule has 0 bridgehead atoms. The Morgan fingerprint density at radius 3 is 2.32 bits per heavy atom. The Labute approximate surface area is 189 Å². The number of nitrogens with zero attached hydrogens (tertiary/aromatic N) is 1. The molecule has 1 heterocycles. The fourth-order valence-corrected chi connectivity index (χ4v) is 4.82. The van der Waals surface area contributed by atoms with Crippen LogP contribution in [0.4, 0.5) is 0 Å². The van der Waals surface area contributed by atoms with Crippen LogP contribution in [-0.4, -0.2) is 41.8 Å². The second-order valence-corrected chi connectivity index (χ2v) is 8.69. The highest BCUT2D eigenvalue weighted by Crippen LogP contribution is 2.42. The average Bonchev–Trinajstić information content (AvgIpc) is 3.25. The summed E-state index contributed by atoms with van der Waals surface area (Å²) in [7, 11) is 0. The maximum Gasteiger partial charge on any atom is 0.329 e. The Bertz CT molecular complexity index is 840. The largest absolute Gasteiger partial charge is 0.494 e. The molecule has 166 valence electrons. The van der Waals surface area contributed by atoms with Gasteiger partial charge in [-0.1, -0.05) is 57.0 Å². The highest BCUT2D eigenvalue weighted by atomic mass is 32.2. The van der Waals surface area contributed by atoms with Crippen molar-refractivity contribution in [3.63, 3.8) is 0 Å². The first-order chi connectivity index (χ1) is 15.2. The van der Waals surface area contributed by atoms with Crippen molar-refractivity contribution in [3.8, 4) is 5.75 Å². The topological polar surface area (TPSA) is 55.8 Å². The minimum atomic E-state index is -0.597. The molecule has 1 aliphatic rings. The SMILES string of the molecule is CCCCOC(=O)C1CSC(c2ccccc2)N1C(=O)c1ccc(OCCCC)cc1. The van der Waals surface area contributed by atoms with Gasteiger partial charge in [-0.15, -0.1) is 11.8 Å². The molecule has 0 radical (unpaired) electrons. The lowest BCUT2D eigenvalue weighted by Crippen LogP contribution is -2.44. The van der Waals surface area contributed by atoms with Gasteiger partial charge in [-0.3, -0.25) is 4.79 Å². The predicted molar refractivity (Wildman–Crippen MR) is 124 cm³/mol. The second-order valence-electron chi connectivity index (χ2n) is 7.57. The van der Waals surface area contributed by atoms with Crippen molar-refractivity contribution in [2.75, 3.05) is 19.0 Å². The van der Waals surface area contributed by atoms with Crippen molar-refractivity contribution in [1.82, 2.24) is 4.90 Å². The third-order valence-corrected chi connectivity index (χ3v) is 6.53. The molecule has 2 aromatic rings. The molecule has 0 aliphatic carbocycles. The fraction of sp³-hybridized carbons (Fsp3) is 0.440. The molecule has 0 N–H and O–H groups in total. The van der Waals surface area contributed by atoms with Gasteiger partial charge >= 0.3 is 5.97 Å². The van der Waals surface area contributed by atoms with Gasteiger partial charge < -0.3 is 14.4 Å². The molecular weight excluding hydrogens is 410 g/mol. The number of unbranched alkanes of at least 4 members (excludes halogenated alkanes) is 2. The standard InChI is InChI=1S/C25H31NO4S/c1-3-5-16-29-21-14-12-19(13-15-21)23(27)26-22(25(28)30-17-6-4-2)18-31-24(26)20-10-8-7-9-11-20/h7-15,22,24H,3-6,16-18H2,1-2H3. The lowest BCUT2D eigenvalue weighted by Gasteiger charge is -2.28. The van der Waals surface area contributed by atoms with E-state index in [9.17, 15) is 9.59 Å². The van der Waals surface area contributed by atoms with E-state index in [0.717, 1.165) is 37.0 Å². The normalized spacial score (nSPS) is 18.1. The van der Waals surface area contributed by atoms with Crippen LogP contribution < -0.4 is 4.74 Å². The van der Waals surface area contributed by atoms with Gasteiger partial charge in [0.1, 0.15) is 17.2 Å². The van der Waals surface area contributed by atoms with Crippen LogP contribution >= 0.6 is 11.8 Å². The van der Waals surface area contributed by atoms with Gasteiger partial charge in [-0.05, 0) is 42.7 Å². The lowest BCUT2D eigenvalue weighted by molar-refractivity contribution is -0.148. The van der Waals surface area contributed by atoms with Crippen LogP contribution in [0.25, 0.3) is 0 Å². The summed E-state index contributed by atoms with van der Waals surface area (Å²) in [6.45, 7) is 5.22. The Morgan fingerprint density at radius 1 is 0.968 bits per heavy atom. The molecular formula is C25H31NO4S. The number of rotatable bonds is 10. The zero-order valence-corrected chi connectivity index (χ0v) is 19.1. The smallest absolute Gasteiger partial charge is 0.329 e. The van der Waals surface area contributed by atoms with E-state index in [4.69, 9.17) is 9.47 Å². The van der Waals surface area contributed by atoms with Crippen molar-refractivity contribution >= 4 is 23.6 Å². The van der Waals surface area contributed by atoms with Gasteiger partial charge in [0.2, 0.25) is 0 Å². The Kier molecular flexibility index (Phi) is 8.83. The zero-order chi connectivity index (χ0) is 22.1. The summed E-state index contributed by atoms with van der Waals surface area (Å²) in [4.78, 5) is 28.0. The third-order valence-electron chi connectivity index (χ3n) is 5.20. The third kappa shape index (κ3) is 6.03. The van der Waals surface area contributed by atoms with Gasteiger partial charge in [-0.25, -0.2) is 4.79 Å². The summed E-state index contributed by atoms with van der Waals surface area (Å²) in [6, 6.07) is 16.4. The Morgan fingerprint density at radius 2 is 1.65 bits per heavy atom. The molecule has 1 saturated heterocycles. The van der Waals surface area contributed by atoms with Crippen LogP contribution in [-0.2, 0) is 9.53 Å². The van der Waals surface area contributed by atoms with Crippen molar-refractivity contribution < 1.29 is 19.1 Å². The fourth-order valence-electron chi connectivity index (χ4n) is 3.40. The van der Waals surface area contributed by atoms with Gasteiger partial charge in [0.15, 0.2) is 0 Å². The molecule has 31 heavy (non-hydrogen) atoms. The molecule has 5 nitrogen and oxygen atoms in total. The molecule has 0 saturated carbocycles. The van der Waals surface area contributed by atoms with Crippen molar-refractivity contribution in [1.29, 1.82) is 0 Å². The van der Waals surface area contributed by atoms with Gasteiger partial charge in [0.25, 0.3) is 5.91 Å². The summed E-state index contributed by atoms with van der Waals surface area (Å²) >= 11 is 1.60. The maximum absolute atomic E-state index is 13.5. The average molecular weight is 442 g/mol. The van der Waals surface area contributed by atoms with Crippen LogP contribution in [0, 0.1) is 0 Å². The summed E-state index contributed by atoms with van der Waals surface area (Å²) in [5.41, 5.74) is 1.54. The van der Waals surface area contributed by atoms with E-state index in [-0.39, 0.29) is 17.3 Å². The Balaban J connectivity index is 1.80.